The molecule has 2 aromatic rings. The molecule has 1 unspecified atom stereocenters. The van der Waals surface area contributed by atoms with E-state index in [1.165, 1.54) is 12.8 Å². The zero-order valence-corrected chi connectivity index (χ0v) is 11.8. The summed E-state index contributed by atoms with van der Waals surface area (Å²) < 4.78 is 7.32. The standard InChI is InChI=1S/C14H21N5O/c1-18-11-12(16-17-18)9-15-10-13(14-5-4-8-20-14)19-6-2-3-7-19/h4-5,8,11,13,15H,2-3,6-7,9-10H2,1H3. The van der Waals surface area contributed by atoms with Crippen LogP contribution in [0.25, 0.3) is 0 Å². The largest absolute Gasteiger partial charge is 0.468 e. The molecule has 1 atom stereocenters. The normalized spacial score (nSPS) is 17.6. The van der Waals surface area contributed by atoms with E-state index in [0.717, 1.165) is 37.6 Å². The lowest BCUT2D eigenvalue weighted by Crippen LogP contribution is -2.33. The molecular weight excluding hydrogens is 254 g/mol. The second-order valence-electron chi connectivity index (χ2n) is 5.29. The number of hydrogen-bond donors (Lipinski definition) is 1. The first kappa shape index (κ1) is 13.3. The fraction of sp³-hybridized carbons (Fsp3) is 0.571. The van der Waals surface area contributed by atoms with Gasteiger partial charge in [0.1, 0.15) is 5.76 Å². The summed E-state index contributed by atoms with van der Waals surface area (Å²) >= 11 is 0. The summed E-state index contributed by atoms with van der Waals surface area (Å²) in [6.07, 6.45) is 6.24. The number of likely N-dealkylation sites (tertiary alicyclic amines) is 1. The highest BCUT2D eigenvalue weighted by Crippen LogP contribution is 2.24. The molecule has 2 aromatic heterocycles. The average molecular weight is 275 g/mol. The summed E-state index contributed by atoms with van der Waals surface area (Å²) in [4.78, 5) is 2.49. The molecule has 0 radical (unpaired) electrons. The Labute approximate surface area is 118 Å². The van der Waals surface area contributed by atoms with Crippen LogP contribution >= 0.6 is 0 Å². The van der Waals surface area contributed by atoms with Crippen molar-refractivity contribution in [2.75, 3.05) is 19.6 Å². The summed E-state index contributed by atoms with van der Waals surface area (Å²) in [7, 11) is 1.88. The lowest BCUT2D eigenvalue weighted by atomic mass is 10.2. The van der Waals surface area contributed by atoms with Crippen LogP contribution in [0.4, 0.5) is 0 Å². The van der Waals surface area contributed by atoms with Gasteiger partial charge in [-0.05, 0) is 38.1 Å². The van der Waals surface area contributed by atoms with Gasteiger partial charge in [-0.1, -0.05) is 5.21 Å². The molecule has 1 saturated heterocycles. The van der Waals surface area contributed by atoms with Gasteiger partial charge in [0.2, 0.25) is 0 Å². The van der Waals surface area contributed by atoms with Gasteiger partial charge >= 0.3 is 0 Å². The van der Waals surface area contributed by atoms with E-state index < -0.39 is 0 Å². The van der Waals surface area contributed by atoms with Crippen LogP contribution in [-0.2, 0) is 13.6 Å². The maximum Gasteiger partial charge on any atom is 0.122 e. The van der Waals surface area contributed by atoms with Crippen molar-refractivity contribution in [2.24, 2.45) is 7.05 Å². The van der Waals surface area contributed by atoms with E-state index in [1.54, 1.807) is 10.9 Å². The zero-order valence-electron chi connectivity index (χ0n) is 11.8. The lowest BCUT2D eigenvalue weighted by molar-refractivity contribution is 0.209. The van der Waals surface area contributed by atoms with Crippen molar-refractivity contribution < 1.29 is 4.42 Å². The molecule has 108 valence electrons. The van der Waals surface area contributed by atoms with E-state index >= 15 is 0 Å². The summed E-state index contributed by atoms with van der Waals surface area (Å²) in [6.45, 7) is 3.90. The highest BCUT2D eigenvalue weighted by Gasteiger charge is 2.25. The van der Waals surface area contributed by atoms with Crippen LogP contribution in [-0.4, -0.2) is 39.5 Å². The Hall–Kier alpha value is -1.66. The Morgan fingerprint density at radius 1 is 1.40 bits per heavy atom. The van der Waals surface area contributed by atoms with Crippen molar-refractivity contribution in [3.63, 3.8) is 0 Å². The third kappa shape index (κ3) is 3.08. The van der Waals surface area contributed by atoms with E-state index in [2.05, 4.69) is 26.6 Å². The van der Waals surface area contributed by atoms with Gasteiger partial charge in [-0.2, -0.15) is 0 Å². The van der Waals surface area contributed by atoms with Crippen molar-refractivity contribution in [1.82, 2.24) is 25.2 Å². The molecule has 3 rings (SSSR count). The monoisotopic (exact) mass is 275 g/mol. The maximum atomic E-state index is 5.60. The van der Waals surface area contributed by atoms with Crippen molar-refractivity contribution in [3.05, 3.63) is 36.0 Å². The first-order chi connectivity index (χ1) is 9.83. The number of rotatable bonds is 6. The minimum atomic E-state index is 0.309. The van der Waals surface area contributed by atoms with Crippen LogP contribution in [0.15, 0.2) is 29.0 Å². The molecule has 1 aliphatic rings. The summed E-state index contributed by atoms with van der Waals surface area (Å²) in [5.74, 6) is 1.04. The Balaban J connectivity index is 1.58. The predicted octanol–water partition coefficient (Wildman–Crippen LogP) is 1.33. The smallest absolute Gasteiger partial charge is 0.122 e. The third-order valence-corrected chi connectivity index (χ3v) is 3.75. The molecule has 0 saturated carbocycles. The van der Waals surface area contributed by atoms with Gasteiger partial charge < -0.3 is 9.73 Å². The Kier molecular flexibility index (Phi) is 4.13. The number of nitrogens with one attached hydrogen (secondary N) is 1. The van der Waals surface area contributed by atoms with Gasteiger partial charge in [-0.3, -0.25) is 9.58 Å². The van der Waals surface area contributed by atoms with E-state index in [1.807, 2.05) is 19.3 Å². The fourth-order valence-electron chi connectivity index (χ4n) is 2.76. The van der Waals surface area contributed by atoms with Crippen LogP contribution in [0.2, 0.25) is 0 Å². The second kappa shape index (κ2) is 6.19. The highest BCUT2D eigenvalue weighted by molar-refractivity contribution is 5.06. The molecule has 0 amide bonds. The molecular formula is C14H21N5O. The first-order valence-electron chi connectivity index (χ1n) is 7.16. The number of aryl methyl sites for hydroxylation is 1. The van der Waals surface area contributed by atoms with E-state index in [9.17, 15) is 0 Å². The molecule has 0 spiro atoms. The second-order valence-corrected chi connectivity index (χ2v) is 5.29. The topological polar surface area (TPSA) is 59.1 Å². The Morgan fingerprint density at radius 3 is 2.90 bits per heavy atom. The quantitative estimate of drug-likeness (QED) is 0.862. The minimum absolute atomic E-state index is 0.309. The minimum Gasteiger partial charge on any atom is -0.468 e. The molecule has 20 heavy (non-hydrogen) atoms. The predicted molar refractivity (Wildman–Crippen MR) is 75.0 cm³/mol. The molecule has 1 aliphatic heterocycles. The summed E-state index contributed by atoms with van der Waals surface area (Å²) in [6, 6.07) is 4.33. The number of aromatic nitrogens is 3. The van der Waals surface area contributed by atoms with E-state index in [-0.39, 0.29) is 0 Å². The van der Waals surface area contributed by atoms with Crippen LogP contribution in [0.3, 0.4) is 0 Å². The van der Waals surface area contributed by atoms with Crippen LogP contribution in [0.1, 0.15) is 30.3 Å². The van der Waals surface area contributed by atoms with E-state index in [0.29, 0.717) is 6.04 Å². The van der Waals surface area contributed by atoms with Gasteiger partial charge in [-0.15, -0.1) is 5.10 Å². The van der Waals surface area contributed by atoms with Crippen molar-refractivity contribution in [1.29, 1.82) is 0 Å². The van der Waals surface area contributed by atoms with Crippen LogP contribution < -0.4 is 5.32 Å². The molecule has 3 heterocycles. The summed E-state index contributed by atoms with van der Waals surface area (Å²) in [5.41, 5.74) is 0.965. The first-order valence-corrected chi connectivity index (χ1v) is 7.16. The van der Waals surface area contributed by atoms with Crippen molar-refractivity contribution >= 4 is 0 Å². The highest BCUT2D eigenvalue weighted by atomic mass is 16.3. The van der Waals surface area contributed by atoms with Crippen molar-refractivity contribution in [2.45, 2.75) is 25.4 Å². The number of hydrogen-bond acceptors (Lipinski definition) is 5. The maximum absolute atomic E-state index is 5.60. The number of nitrogens with zero attached hydrogens (tertiary/aromatic N) is 4. The van der Waals surface area contributed by atoms with E-state index in [4.69, 9.17) is 4.42 Å². The third-order valence-electron chi connectivity index (χ3n) is 3.75. The molecule has 6 nitrogen and oxygen atoms in total. The van der Waals surface area contributed by atoms with Gasteiger partial charge in [0.15, 0.2) is 0 Å². The van der Waals surface area contributed by atoms with Gasteiger partial charge in [-0.25, -0.2) is 0 Å². The molecule has 1 N–H and O–H groups in total. The van der Waals surface area contributed by atoms with Gasteiger partial charge in [0.05, 0.1) is 18.0 Å². The van der Waals surface area contributed by atoms with Crippen LogP contribution in [0, 0.1) is 0 Å². The molecule has 0 bridgehead atoms. The van der Waals surface area contributed by atoms with Crippen molar-refractivity contribution in [3.8, 4) is 0 Å². The molecule has 6 heteroatoms. The molecule has 0 aliphatic carbocycles. The zero-order chi connectivity index (χ0) is 13.8. The molecule has 1 fully saturated rings. The Bertz CT molecular complexity index is 515. The van der Waals surface area contributed by atoms with Gasteiger partial charge in [0, 0.05) is 26.3 Å². The average Bonchev–Trinajstić information content (AvgIpc) is 3.18. The summed E-state index contributed by atoms with van der Waals surface area (Å²) in [5, 5.41) is 11.5. The number of furan rings is 1. The fourth-order valence-corrected chi connectivity index (χ4v) is 2.76. The Morgan fingerprint density at radius 2 is 2.25 bits per heavy atom. The SMILES string of the molecule is Cn1cc(CNCC(c2ccco2)N2CCCC2)nn1. The van der Waals surface area contributed by atoms with Gasteiger partial charge in [0.25, 0.3) is 0 Å². The lowest BCUT2D eigenvalue weighted by Gasteiger charge is -2.25. The molecule has 0 aromatic carbocycles. The van der Waals surface area contributed by atoms with Crippen LogP contribution in [0.5, 0.6) is 0 Å².